The molecule has 26 heavy (non-hydrogen) atoms. The molecule has 0 aliphatic heterocycles. The number of aromatic nitrogens is 1. The second kappa shape index (κ2) is 8.96. The number of amides is 1. The van der Waals surface area contributed by atoms with Gasteiger partial charge in [0.05, 0.1) is 15.2 Å². The van der Waals surface area contributed by atoms with Crippen LogP contribution in [0.2, 0.25) is 0 Å². The van der Waals surface area contributed by atoms with Crippen molar-refractivity contribution in [1.29, 1.82) is 0 Å². The molecule has 142 valence electrons. The first-order valence-electron chi connectivity index (χ1n) is 9.95. The fraction of sp³-hybridized carbons (Fsp3) is 0.619. The molecule has 4 nitrogen and oxygen atoms in total. The predicted molar refractivity (Wildman–Crippen MR) is 110 cm³/mol. The molecular formula is C21H31N3OS. The minimum atomic E-state index is 0.105. The summed E-state index contributed by atoms with van der Waals surface area (Å²) in [6, 6.07) is 6.61. The second-order valence-electron chi connectivity index (χ2n) is 7.80. The van der Waals surface area contributed by atoms with Gasteiger partial charge in [-0.3, -0.25) is 4.79 Å². The molecule has 1 amide bonds. The molecule has 0 radical (unpaired) electrons. The Morgan fingerprint density at radius 1 is 1.31 bits per heavy atom. The molecule has 0 saturated heterocycles. The molecule has 1 atom stereocenters. The van der Waals surface area contributed by atoms with Crippen LogP contribution >= 0.6 is 11.3 Å². The zero-order valence-electron chi connectivity index (χ0n) is 16.0. The van der Waals surface area contributed by atoms with Crippen LogP contribution in [-0.2, 0) is 11.2 Å². The number of thiazole rings is 1. The van der Waals surface area contributed by atoms with Crippen molar-refractivity contribution in [2.24, 2.45) is 11.7 Å². The first kappa shape index (κ1) is 19.3. The summed E-state index contributed by atoms with van der Waals surface area (Å²) >= 11 is 1.71. The molecule has 1 aromatic carbocycles. The number of carbonyl (C=O) groups is 1. The van der Waals surface area contributed by atoms with Crippen LogP contribution < -0.4 is 11.1 Å². The standard InChI is InChI=1S/C21H31N3OS/c1-14(2)16-8-9-17-19(12-16)26-21(24-17)11-10-20(25)23-18(13-22)15-6-4-3-5-7-15/h8-9,12,14-15,18H,3-7,10-11,13,22H2,1-2H3,(H,23,25). The van der Waals surface area contributed by atoms with Crippen LogP contribution in [-0.4, -0.2) is 23.5 Å². The van der Waals surface area contributed by atoms with Gasteiger partial charge in [-0.05, 0) is 42.4 Å². The zero-order chi connectivity index (χ0) is 18.5. The lowest BCUT2D eigenvalue weighted by Gasteiger charge is -2.30. The lowest BCUT2D eigenvalue weighted by molar-refractivity contribution is -0.122. The second-order valence-corrected chi connectivity index (χ2v) is 8.91. The summed E-state index contributed by atoms with van der Waals surface area (Å²) in [5.74, 6) is 1.17. The minimum Gasteiger partial charge on any atom is -0.352 e. The summed E-state index contributed by atoms with van der Waals surface area (Å²) in [6.07, 6.45) is 7.42. The third-order valence-electron chi connectivity index (χ3n) is 5.51. The van der Waals surface area contributed by atoms with E-state index in [2.05, 4.69) is 42.3 Å². The van der Waals surface area contributed by atoms with Crippen molar-refractivity contribution in [3.63, 3.8) is 0 Å². The van der Waals surface area contributed by atoms with Crippen LogP contribution in [0.5, 0.6) is 0 Å². The average molecular weight is 374 g/mol. The quantitative estimate of drug-likeness (QED) is 0.757. The molecule has 5 heteroatoms. The van der Waals surface area contributed by atoms with Gasteiger partial charge < -0.3 is 11.1 Å². The smallest absolute Gasteiger partial charge is 0.220 e. The first-order valence-corrected chi connectivity index (χ1v) is 10.8. The van der Waals surface area contributed by atoms with Gasteiger partial charge in [0.15, 0.2) is 0 Å². The van der Waals surface area contributed by atoms with Gasteiger partial charge in [0, 0.05) is 25.4 Å². The van der Waals surface area contributed by atoms with Crippen LogP contribution in [0.15, 0.2) is 18.2 Å². The highest BCUT2D eigenvalue weighted by Crippen LogP contribution is 2.28. The van der Waals surface area contributed by atoms with E-state index < -0.39 is 0 Å². The third-order valence-corrected chi connectivity index (χ3v) is 6.59. The van der Waals surface area contributed by atoms with E-state index in [4.69, 9.17) is 5.73 Å². The van der Waals surface area contributed by atoms with Gasteiger partial charge in [0.1, 0.15) is 0 Å². The molecule has 1 aliphatic rings. The van der Waals surface area contributed by atoms with E-state index in [1.54, 1.807) is 11.3 Å². The number of aryl methyl sites for hydroxylation is 1. The summed E-state index contributed by atoms with van der Waals surface area (Å²) < 4.78 is 1.22. The number of hydrogen-bond acceptors (Lipinski definition) is 4. The van der Waals surface area contributed by atoms with Crippen molar-refractivity contribution in [3.8, 4) is 0 Å². The largest absolute Gasteiger partial charge is 0.352 e. The number of fused-ring (bicyclic) bond motifs is 1. The summed E-state index contributed by atoms with van der Waals surface area (Å²) in [7, 11) is 0. The van der Waals surface area contributed by atoms with E-state index in [-0.39, 0.29) is 11.9 Å². The fourth-order valence-electron chi connectivity index (χ4n) is 3.86. The van der Waals surface area contributed by atoms with E-state index in [1.807, 2.05) is 0 Å². The van der Waals surface area contributed by atoms with E-state index in [0.717, 1.165) is 10.5 Å². The molecule has 1 saturated carbocycles. The van der Waals surface area contributed by atoms with E-state index >= 15 is 0 Å². The summed E-state index contributed by atoms with van der Waals surface area (Å²) in [4.78, 5) is 17.1. The predicted octanol–water partition coefficient (Wildman–Crippen LogP) is 4.38. The Kier molecular flexibility index (Phi) is 6.65. The van der Waals surface area contributed by atoms with Crippen LogP contribution in [0.25, 0.3) is 10.2 Å². The normalized spacial score (nSPS) is 16.9. The monoisotopic (exact) mass is 373 g/mol. The highest BCUT2D eigenvalue weighted by Gasteiger charge is 2.23. The van der Waals surface area contributed by atoms with Gasteiger partial charge in [-0.25, -0.2) is 4.98 Å². The molecule has 3 rings (SSSR count). The van der Waals surface area contributed by atoms with Crippen molar-refractivity contribution in [2.75, 3.05) is 6.54 Å². The Hall–Kier alpha value is -1.46. The first-order chi connectivity index (χ1) is 12.6. The lowest BCUT2D eigenvalue weighted by atomic mass is 9.84. The number of hydrogen-bond donors (Lipinski definition) is 2. The van der Waals surface area contributed by atoms with E-state index in [1.165, 1.54) is 42.4 Å². The molecule has 3 N–H and O–H groups in total. The lowest BCUT2D eigenvalue weighted by Crippen LogP contribution is -2.45. The van der Waals surface area contributed by atoms with Gasteiger partial charge in [0.2, 0.25) is 5.91 Å². The highest BCUT2D eigenvalue weighted by molar-refractivity contribution is 7.18. The summed E-state index contributed by atoms with van der Waals surface area (Å²) in [5, 5.41) is 4.22. The average Bonchev–Trinajstić information content (AvgIpc) is 3.07. The molecular weight excluding hydrogens is 342 g/mol. The Bertz CT molecular complexity index is 734. The van der Waals surface area contributed by atoms with Gasteiger partial charge in [-0.1, -0.05) is 39.2 Å². The van der Waals surface area contributed by atoms with Crippen LogP contribution in [0.3, 0.4) is 0 Å². The molecule has 1 fully saturated rings. The van der Waals surface area contributed by atoms with Gasteiger partial charge in [-0.2, -0.15) is 0 Å². The number of nitrogens with two attached hydrogens (primary N) is 1. The van der Waals surface area contributed by atoms with Crippen LogP contribution in [0.4, 0.5) is 0 Å². The third kappa shape index (κ3) is 4.83. The molecule has 1 unspecified atom stereocenters. The van der Waals surface area contributed by atoms with E-state index in [0.29, 0.717) is 31.2 Å². The van der Waals surface area contributed by atoms with Crippen molar-refractivity contribution in [1.82, 2.24) is 10.3 Å². The van der Waals surface area contributed by atoms with Crippen LogP contribution in [0.1, 0.15) is 68.9 Å². The summed E-state index contributed by atoms with van der Waals surface area (Å²) in [5.41, 5.74) is 8.30. The van der Waals surface area contributed by atoms with Crippen LogP contribution in [0, 0.1) is 5.92 Å². The van der Waals surface area contributed by atoms with Gasteiger partial charge >= 0.3 is 0 Å². The molecule has 2 aromatic rings. The van der Waals surface area contributed by atoms with Crippen molar-refractivity contribution in [2.45, 2.75) is 70.8 Å². The minimum absolute atomic E-state index is 0.105. The van der Waals surface area contributed by atoms with E-state index in [9.17, 15) is 4.79 Å². The van der Waals surface area contributed by atoms with Crippen molar-refractivity contribution >= 4 is 27.5 Å². The molecule has 0 spiro atoms. The molecule has 0 bridgehead atoms. The Labute approximate surface area is 160 Å². The highest BCUT2D eigenvalue weighted by atomic mass is 32.1. The van der Waals surface area contributed by atoms with Crippen molar-refractivity contribution < 1.29 is 4.79 Å². The zero-order valence-corrected chi connectivity index (χ0v) is 16.8. The Morgan fingerprint density at radius 3 is 2.77 bits per heavy atom. The number of nitrogens with zero attached hydrogens (tertiary/aromatic N) is 1. The number of nitrogens with one attached hydrogen (secondary N) is 1. The SMILES string of the molecule is CC(C)c1ccc2nc(CCC(=O)NC(CN)C3CCCCC3)sc2c1. The van der Waals surface area contributed by atoms with Crippen molar-refractivity contribution in [3.05, 3.63) is 28.8 Å². The molecule has 1 aromatic heterocycles. The Morgan fingerprint density at radius 2 is 2.08 bits per heavy atom. The number of carbonyl (C=O) groups excluding carboxylic acids is 1. The van der Waals surface area contributed by atoms with Gasteiger partial charge in [-0.15, -0.1) is 11.3 Å². The fourth-order valence-corrected chi connectivity index (χ4v) is 4.88. The maximum atomic E-state index is 12.4. The molecule has 1 heterocycles. The maximum absolute atomic E-state index is 12.4. The Balaban J connectivity index is 1.55. The molecule has 1 aliphatic carbocycles. The maximum Gasteiger partial charge on any atom is 0.220 e. The van der Waals surface area contributed by atoms with Gasteiger partial charge in [0.25, 0.3) is 0 Å². The topological polar surface area (TPSA) is 68.0 Å². The number of benzene rings is 1. The number of rotatable bonds is 7. The summed E-state index contributed by atoms with van der Waals surface area (Å²) in [6.45, 7) is 4.94.